The molecule has 1 atom stereocenters. The van der Waals surface area contributed by atoms with Gasteiger partial charge in [0.25, 0.3) is 0 Å². The van der Waals surface area contributed by atoms with Gasteiger partial charge in [0.05, 0.1) is 18.0 Å². The van der Waals surface area contributed by atoms with E-state index in [1.807, 2.05) is 12.1 Å². The zero-order valence-corrected chi connectivity index (χ0v) is 18.0. The Morgan fingerprint density at radius 2 is 1.41 bits per heavy atom. The SMILES string of the molecule is c1ccc(SCc2cc(OC3CCCCO3)cc(CSc3ccccc3)n2)cc1. The van der Waals surface area contributed by atoms with Crippen LogP contribution in [0.3, 0.4) is 0 Å². The third kappa shape index (κ3) is 6.53. The van der Waals surface area contributed by atoms with E-state index in [2.05, 4.69) is 60.7 Å². The molecule has 1 aliphatic rings. The number of rotatable bonds is 8. The topological polar surface area (TPSA) is 31.4 Å². The summed E-state index contributed by atoms with van der Waals surface area (Å²) in [6, 6.07) is 25.0. The maximum Gasteiger partial charge on any atom is 0.199 e. The summed E-state index contributed by atoms with van der Waals surface area (Å²) in [6.07, 6.45) is 3.08. The molecule has 2 aromatic carbocycles. The lowest BCUT2D eigenvalue weighted by Crippen LogP contribution is -2.25. The van der Waals surface area contributed by atoms with Gasteiger partial charge in [-0.05, 0) is 37.1 Å². The summed E-state index contributed by atoms with van der Waals surface area (Å²) in [5.74, 6) is 2.49. The number of benzene rings is 2. The largest absolute Gasteiger partial charge is 0.465 e. The Morgan fingerprint density at radius 3 is 1.93 bits per heavy atom. The minimum Gasteiger partial charge on any atom is -0.465 e. The predicted octanol–water partition coefficient (Wildman–Crippen LogP) is 6.57. The maximum absolute atomic E-state index is 6.16. The van der Waals surface area contributed by atoms with E-state index in [0.717, 1.165) is 54.5 Å². The van der Waals surface area contributed by atoms with Crippen LogP contribution in [0.4, 0.5) is 0 Å². The van der Waals surface area contributed by atoms with E-state index in [-0.39, 0.29) is 6.29 Å². The van der Waals surface area contributed by atoms with Crippen LogP contribution < -0.4 is 4.74 Å². The van der Waals surface area contributed by atoms with Crippen molar-refractivity contribution >= 4 is 23.5 Å². The predicted molar refractivity (Wildman–Crippen MR) is 120 cm³/mol. The second kappa shape index (κ2) is 10.7. The van der Waals surface area contributed by atoms with Gasteiger partial charge in [-0.25, -0.2) is 0 Å². The third-order valence-electron chi connectivity index (χ3n) is 4.57. The quantitative estimate of drug-likeness (QED) is 0.382. The van der Waals surface area contributed by atoms with Crippen molar-refractivity contribution < 1.29 is 9.47 Å². The van der Waals surface area contributed by atoms with E-state index >= 15 is 0 Å². The Balaban J connectivity index is 1.47. The van der Waals surface area contributed by atoms with Gasteiger partial charge in [0.1, 0.15) is 5.75 Å². The van der Waals surface area contributed by atoms with Gasteiger partial charge in [-0.2, -0.15) is 0 Å². The number of pyridine rings is 1. The monoisotopic (exact) mass is 423 g/mol. The molecule has 3 nitrogen and oxygen atoms in total. The second-order valence-electron chi connectivity index (χ2n) is 6.90. The molecule has 1 saturated heterocycles. The van der Waals surface area contributed by atoms with Crippen molar-refractivity contribution in [3.8, 4) is 5.75 Å². The smallest absolute Gasteiger partial charge is 0.199 e. The molecule has 0 radical (unpaired) electrons. The number of nitrogens with zero attached hydrogens (tertiary/aromatic N) is 1. The number of ether oxygens (including phenoxy) is 2. The van der Waals surface area contributed by atoms with Gasteiger partial charge in [-0.3, -0.25) is 4.98 Å². The molecule has 29 heavy (non-hydrogen) atoms. The van der Waals surface area contributed by atoms with Gasteiger partial charge < -0.3 is 9.47 Å². The Bertz CT molecular complexity index is 822. The van der Waals surface area contributed by atoms with Crippen molar-refractivity contribution in [1.29, 1.82) is 0 Å². The molecule has 1 aromatic heterocycles. The lowest BCUT2D eigenvalue weighted by atomic mass is 10.2. The number of hydrogen-bond acceptors (Lipinski definition) is 5. The number of aromatic nitrogens is 1. The zero-order valence-electron chi connectivity index (χ0n) is 16.3. The molecule has 3 aromatic rings. The van der Waals surface area contributed by atoms with E-state index in [0.29, 0.717) is 0 Å². The van der Waals surface area contributed by atoms with Crippen molar-refractivity contribution in [3.63, 3.8) is 0 Å². The molecule has 2 heterocycles. The Morgan fingerprint density at radius 1 is 0.828 bits per heavy atom. The average Bonchev–Trinajstić information content (AvgIpc) is 2.78. The molecule has 0 amide bonds. The third-order valence-corrected chi connectivity index (χ3v) is 6.66. The first kappa shape index (κ1) is 20.3. The van der Waals surface area contributed by atoms with E-state index in [1.165, 1.54) is 9.79 Å². The molecule has 5 heteroatoms. The Labute approximate surface area is 181 Å². The van der Waals surface area contributed by atoms with Crippen molar-refractivity contribution in [2.45, 2.75) is 46.8 Å². The fourth-order valence-corrected chi connectivity index (χ4v) is 4.76. The molecule has 0 aliphatic carbocycles. The lowest BCUT2D eigenvalue weighted by Gasteiger charge is -2.24. The molecule has 4 rings (SSSR count). The fourth-order valence-electron chi connectivity index (χ4n) is 3.14. The molecule has 1 unspecified atom stereocenters. The summed E-state index contributed by atoms with van der Waals surface area (Å²) in [6.45, 7) is 0.781. The summed E-state index contributed by atoms with van der Waals surface area (Å²) in [5, 5.41) is 0. The minimum atomic E-state index is -0.143. The highest BCUT2D eigenvalue weighted by Gasteiger charge is 2.16. The van der Waals surface area contributed by atoms with Crippen molar-refractivity contribution in [3.05, 3.63) is 84.2 Å². The maximum atomic E-state index is 6.16. The molecule has 0 spiro atoms. The summed E-state index contributed by atoms with van der Waals surface area (Å²) in [5.41, 5.74) is 2.08. The second-order valence-corrected chi connectivity index (χ2v) is 9.00. The molecule has 1 aliphatic heterocycles. The summed E-state index contributed by atoms with van der Waals surface area (Å²) < 4.78 is 11.9. The molecule has 1 fully saturated rings. The number of thioether (sulfide) groups is 2. The van der Waals surface area contributed by atoms with E-state index in [1.54, 1.807) is 23.5 Å². The Kier molecular flexibility index (Phi) is 7.51. The first-order chi connectivity index (χ1) is 14.3. The van der Waals surface area contributed by atoms with Crippen LogP contribution in [-0.4, -0.2) is 17.9 Å². The first-order valence-electron chi connectivity index (χ1n) is 9.99. The highest BCUT2D eigenvalue weighted by Crippen LogP contribution is 2.28. The molecule has 0 saturated carbocycles. The van der Waals surface area contributed by atoms with Crippen LogP contribution >= 0.6 is 23.5 Å². The summed E-state index contributed by atoms with van der Waals surface area (Å²) in [4.78, 5) is 7.39. The van der Waals surface area contributed by atoms with E-state index < -0.39 is 0 Å². The highest BCUT2D eigenvalue weighted by atomic mass is 32.2. The number of hydrogen-bond donors (Lipinski definition) is 0. The molecule has 0 bridgehead atoms. The van der Waals surface area contributed by atoms with E-state index in [4.69, 9.17) is 14.5 Å². The fraction of sp³-hybridized carbons (Fsp3) is 0.292. The molecular weight excluding hydrogens is 398 g/mol. The van der Waals surface area contributed by atoms with Gasteiger partial charge in [0.2, 0.25) is 0 Å². The van der Waals surface area contributed by atoms with Crippen LogP contribution in [0.2, 0.25) is 0 Å². The van der Waals surface area contributed by atoms with Crippen molar-refractivity contribution in [2.24, 2.45) is 0 Å². The van der Waals surface area contributed by atoms with Gasteiger partial charge in [0.15, 0.2) is 6.29 Å². The standard InChI is InChI=1S/C24H25NO2S2/c1-3-9-22(10-4-1)28-17-19-15-21(27-24-13-7-8-14-26-24)16-20(25-19)18-29-23-11-5-2-6-12-23/h1-6,9-12,15-16,24H,7-8,13-14,17-18H2. The van der Waals surface area contributed by atoms with Crippen LogP contribution in [0, 0.1) is 0 Å². The molecule has 0 N–H and O–H groups in total. The first-order valence-corrected chi connectivity index (χ1v) is 12.0. The highest BCUT2D eigenvalue weighted by molar-refractivity contribution is 7.98. The van der Waals surface area contributed by atoms with Gasteiger partial charge in [-0.15, -0.1) is 23.5 Å². The van der Waals surface area contributed by atoms with Crippen molar-refractivity contribution in [2.75, 3.05) is 6.61 Å². The van der Waals surface area contributed by atoms with Crippen LogP contribution in [0.15, 0.2) is 82.6 Å². The van der Waals surface area contributed by atoms with E-state index in [9.17, 15) is 0 Å². The van der Waals surface area contributed by atoms with Gasteiger partial charge >= 0.3 is 0 Å². The summed E-state index contributed by atoms with van der Waals surface area (Å²) in [7, 11) is 0. The zero-order chi connectivity index (χ0) is 19.7. The molecular formula is C24H25NO2S2. The van der Waals surface area contributed by atoms with Crippen LogP contribution in [0.1, 0.15) is 30.7 Å². The van der Waals surface area contributed by atoms with Crippen LogP contribution in [0.5, 0.6) is 5.75 Å². The Hall–Kier alpha value is -1.95. The normalized spacial score (nSPS) is 16.5. The van der Waals surface area contributed by atoms with Gasteiger partial charge in [-0.1, -0.05) is 36.4 Å². The summed E-state index contributed by atoms with van der Waals surface area (Å²) >= 11 is 3.59. The lowest BCUT2D eigenvalue weighted by molar-refractivity contribution is -0.105. The minimum absolute atomic E-state index is 0.143. The van der Waals surface area contributed by atoms with Crippen molar-refractivity contribution in [1.82, 2.24) is 4.98 Å². The average molecular weight is 424 g/mol. The van der Waals surface area contributed by atoms with Crippen LogP contribution in [0.25, 0.3) is 0 Å². The van der Waals surface area contributed by atoms with Gasteiger partial charge in [0, 0.05) is 39.9 Å². The molecule has 150 valence electrons. The van der Waals surface area contributed by atoms with Crippen LogP contribution in [-0.2, 0) is 16.2 Å².